The van der Waals surface area contributed by atoms with Crippen LogP contribution in [0.15, 0.2) is 36.0 Å². The maximum Gasteiger partial charge on any atom is 0.460 e. The molecule has 0 bridgehead atoms. The van der Waals surface area contributed by atoms with Gasteiger partial charge in [0.2, 0.25) is 0 Å². The standard InChI is InChI=1S/C34H53F3N2O9/c1-7-25(41)23(4)30-26(46-30)20-32(5,44)13-8-9-21(2)29-22(3)10-11-27(33(6,45)14-12-24(40)19-28(42)48-29)47-31(43)38-15-17-39(18-16-38)34(35,36)37/h8-11,13,22-27,29-30,40-41,44-45H,7,12,14-20H2,1-6H3/b11-10+,13-8+,21-9+. The van der Waals surface area contributed by atoms with Gasteiger partial charge in [-0.25, -0.2) is 9.69 Å². The molecular weight excluding hydrogens is 637 g/mol. The Labute approximate surface area is 281 Å². The fourth-order valence-corrected chi connectivity index (χ4v) is 6.13. The molecule has 0 saturated carbocycles. The molecule has 0 aliphatic carbocycles. The van der Waals surface area contributed by atoms with Crippen molar-refractivity contribution < 1.29 is 57.4 Å². The number of carbonyl (C=O) groups excluding carboxylic acids is 2. The van der Waals surface area contributed by atoms with Crippen LogP contribution in [0.5, 0.6) is 0 Å². The zero-order valence-corrected chi connectivity index (χ0v) is 28.7. The Bertz CT molecular complexity index is 1180. The number of halogens is 3. The van der Waals surface area contributed by atoms with Crippen LogP contribution < -0.4 is 0 Å². The van der Waals surface area contributed by atoms with E-state index in [1.54, 1.807) is 45.1 Å². The largest absolute Gasteiger partial charge is 0.460 e. The number of aliphatic hydroxyl groups excluding tert-OH is 2. The van der Waals surface area contributed by atoms with Gasteiger partial charge in [0.25, 0.3) is 0 Å². The lowest BCUT2D eigenvalue weighted by Gasteiger charge is -2.37. The summed E-state index contributed by atoms with van der Waals surface area (Å²) < 4.78 is 56.3. The number of allylic oxidation sites excluding steroid dienone is 2. The third-order valence-corrected chi connectivity index (χ3v) is 9.49. The van der Waals surface area contributed by atoms with E-state index in [1.165, 1.54) is 13.0 Å². The number of ether oxygens (including phenoxy) is 3. The van der Waals surface area contributed by atoms with Gasteiger partial charge in [-0.05, 0) is 51.7 Å². The van der Waals surface area contributed by atoms with Crippen molar-refractivity contribution in [3.63, 3.8) is 0 Å². The molecule has 14 heteroatoms. The molecule has 2 saturated heterocycles. The van der Waals surface area contributed by atoms with E-state index >= 15 is 0 Å². The van der Waals surface area contributed by atoms with E-state index in [-0.39, 0.29) is 50.5 Å². The van der Waals surface area contributed by atoms with Gasteiger partial charge in [0, 0.05) is 44.4 Å². The summed E-state index contributed by atoms with van der Waals surface area (Å²) in [7, 11) is 0. The third-order valence-electron chi connectivity index (χ3n) is 9.49. The fraction of sp³-hybridized carbons (Fsp3) is 0.765. The Morgan fingerprint density at radius 3 is 2.48 bits per heavy atom. The molecule has 3 aliphatic rings. The molecule has 1 amide bonds. The molecular formula is C34H53F3N2O9. The van der Waals surface area contributed by atoms with Crippen molar-refractivity contribution >= 4 is 12.1 Å². The zero-order valence-electron chi connectivity index (χ0n) is 28.7. The number of aliphatic hydroxyl groups is 4. The molecule has 4 N–H and O–H groups in total. The molecule has 0 aromatic heterocycles. The van der Waals surface area contributed by atoms with Gasteiger partial charge in [0.05, 0.1) is 36.4 Å². The summed E-state index contributed by atoms with van der Waals surface area (Å²) in [5, 5.41) is 42.9. The minimum atomic E-state index is -4.50. The van der Waals surface area contributed by atoms with Gasteiger partial charge in [0.15, 0.2) is 6.10 Å². The van der Waals surface area contributed by atoms with Crippen molar-refractivity contribution in [2.75, 3.05) is 26.2 Å². The summed E-state index contributed by atoms with van der Waals surface area (Å²) in [5.41, 5.74) is -2.27. The number of epoxide rings is 1. The van der Waals surface area contributed by atoms with Crippen molar-refractivity contribution in [1.29, 1.82) is 0 Å². The number of hydrogen-bond donors (Lipinski definition) is 4. The number of piperazine rings is 1. The Balaban J connectivity index is 1.74. The van der Waals surface area contributed by atoms with Crippen LogP contribution in [0.4, 0.5) is 18.0 Å². The lowest BCUT2D eigenvalue weighted by Crippen LogP contribution is -2.54. The van der Waals surface area contributed by atoms with E-state index in [4.69, 9.17) is 14.2 Å². The van der Waals surface area contributed by atoms with Gasteiger partial charge in [-0.1, -0.05) is 45.1 Å². The second kappa shape index (κ2) is 16.5. The Kier molecular flexibility index (Phi) is 13.7. The summed E-state index contributed by atoms with van der Waals surface area (Å²) in [5.74, 6) is -1.19. The maximum atomic E-state index is 13.0. The monoisotopic (exact) mass is 690 g/mol. The Morgan fingerprint density at radius 2 is 1.88 bits per heavy atom. The van der Waals surface area contributed by atoms with E-state index in [0.717, 1.165) is 4.90 Å². The fourth-order valence-electron chi connectivity index (χ4n) is 6.13. The van der Waals surface area contributed by atoms with Gasteiger partial charge in [-0.3, -0.25) is 4.79 Å². The van der Waals surface area contributed by atoms with Crippen molar-refractivity contribution in [3.05, 3.63) is 36.0 Å². The third kappa shape index (κ3) is 11.5. The van der Waals surface area contributed by atoms with Crippen LogP contribution in [0.25, 0.3) is 0 Å². The molecule has 10 unspecified atom stereocenters. The highest BCUT2D eigenvalue weighted by Gasteiger charge is 2.47. The highest BCUT2D eigenvalue weighted by molar-refractivity contribution is 5.70. The molecule has 3 aliphatic heterocycles. The smallest absolute Gasteiger partial charge is 0.457 e. The lowest BCUT2D eigenvalue weighted by molar-refractivity contribution is -0.251. The number of hydrogen-bond acceptors (Lipinski definition) is 10. The molecule has 0 spiro atoms. The summed E-state index contributed by atoms with van der Waals surface area (Å²) in [6.07, 6.45) is -0.720. The molecule has 3 rings (SSSR count). The van der Waals surface area contributed by atoms with E-state index < -0.39 is 73.0 Å². The van der Waals surface area contributed by atoms with Crippen LogP contribution in [0.3, 0.4) is 0 Å². The zero-order chi connectivity index (χ0) is 36.0. The second-order valence-corrected chi connectivity index (χ2v) is 14.0. The first kappa shape index (κ1) is 39.9. The number of cyclic esters (lactones) is 1. The van der Waals surface area contributed by atoms with Crippen molar-refractivity contribution in [3.8, 4) is 0 Å². The van der Waals surface area contributed by atoms with Crippen LogP contribution in [-0.2, 0) is 19.0 Å². The number of rotatable bonds is 9. The number of amides is 1. The Hall–Kier alpha value is -2.49. The molecule has 48 heavy (non-hydrogen) atoms. The minimum absolute atomic E-state index is 0.0111. The van der Waals surface area contributed by atoms with Gasteiger partial charge in [-0.15, -0.1) is 0 Å². The molecule has 3 heterocycles. The van der Waals surface area contributed by atoms with E-state index in [0.29, 0.717) is 23.3 Å². The summed E-state index contributed by atoms with van der Waals surface area (Å²) >= 11 is 0. The quantitative estimate of drug-likeness (QED) is 0.0924. The average molecular weight is 691 g/mol. The van der Waals surface area contributed by atoms with E-state index in [1.807, 2.05) is 13.8 Å². The van der Waals surface area contributed by atoms with Crippen LogP contribution in [0.1, 0.15) is 73.6 Å². The molecule has 2 fully saturated rings. The van der Waals surface area contributed by atoms with Crippen molar-refractivity contribution in [2.45, 2.75) is 128 Å². The number of nitrogens with zero attached hydrogens (tertiary/aromatic N) is 2. The molecule has 0 aromatic carbocycles. The van der Waals surface area contributed by atoms with Crippen molar-refractivity contribution in [2.24, 2.45) is 11.8 Å². The number of esters is 1. The maximum absolute atomic E-state index is 13.0. The van der Waals surface area contributed by atoms with Crippen molar-refractivity contribution in [1.82, 2.24) is 9.80 Å². The van der Waals surface area contributed by atoms with Crippen LogP contribution in [0.2, 0.25) is 0 Å². The SMILES string of the molecule is CCC(O)C(C)C1OC1CC(C)(O)/C=C/C=C(\C)C1OC(=O)CC(O)CCC(C)(O)C(OC(=O)N2CCN(C(F)(F)F)CC2)/C=C/C1C. The lowest BCUT2D eigenvalue weighted by atomic mass is 9.88. The summed E-state index contributed by atoms with van der Waals surface area (Å²) in [6, 6.07) is 0. The minimum Gasteiger partial charge on any atom is -0.457 e. The van der Waals surface area contributed by atoms with E-state index in [9.17, 15) is 43.2 Å². The number of alkyl halides is 3. The molecule has 0 radical (unpaired) electrons. The topological polar surface area (TPSA) is 153 Å². The van der Waals surface area contributed by atoms with Crippen LogP contribution in [-0.4, -0.2) is 123 Å². The first-order valence-electron chi connectivity index (χ1n) is 16.7. The molecule has 274 valence electrons. The van der Waals surface area contributed by atoms with E-state index in [2.05, 4.69) is 0 Å². The summed E-state index contributed by atoms with van der Waals surface area (Å²) in [4.78, 5) is 27.3. The summed E-state index contributed by atoms with van der Waals surface area (Å²) in [6.45, 7) is 9.18. The average Bonchev–Trinajstić information content (AvgIpc) is 3.76. The molecule has 11 nitrogen and oxygen atoms in total. The first-order valence-corrected chi connectivity index (χ1v) is 16.7. The van der Waals surface area contributed by atoms with Crippen LogP contribution in [0, 0.1) is 11.8 Å². The highest BCUT2D eigenvalue weighted by Crippen LogP contribution is 2.37. The Morgan fingerprint density at radius 1 is 1.23 bits per heavy atom. The van der Waals surface area contributed by atoms with Gasteiger partial charge in [0.1, 0.15) is 11.7 Å². The predicted molar refractivity (Wildman–Crippen MR) is 170 cm³/mol. The predicted octanol–water partition coefficient (Wildman–Crippen LogP) is 3.85. The van der Waals surface area contributed by atoms with Gasteiger partial charge in [-0.2, -0.15) is 13.2 Å². The second-order valence-electron chi connectivity index (χ2n) is 14.0. The van der Waals surface area contributed by atoms with Gasteiger partial charge < -0.3 is 39.5 Å². The van der Waals surface area contributed by atoms with Crippen LogP contribution >= 0.6 is 0 Å². The normalized spacial score (nSPS) is 34.7. The highest BCUT2D eigenvalue weighted by atomic mass is 19.4. The first-order chi connectivity index (χ1) is 22.2. The number of carbonyl (C=O) groups is 2. The van der Waals surface area contributed by atoms with Gasteiger partial charge >= 0.3 is 18.4 Å². The molecule has 0 aromatic rings. The molecule has 10 atom stereocenters.